The number of thiazole rings is 1. The number of hydrogen-bond donors (Lipinski definition) is 0. The highest BCUT2D eigenvalue weighted by Crippen LogP contribution is 2.30. The van der Waals surface area contributed by atoms with Gasteiger partial charge in [0.2, 0.25) is 0 Å². The van der Waals surface area contributed by atoms with E-state index in [-0.39, 0.29) is 17.9 Å². The molecule has 4 aromatic rings. The third-order valence-corrected chi connectivity index (χ3v) is 8.85. The number of nitrogens with zero attached hydrogens (tertiary/aromatic N) is 6. The Bertz CT molecular complexity index is 1510. The zero-order chi connectivity index (χ0) is 27.1. The van der Waals surface area contributed by atoms with Crippen molar-refractivity contribution >= 4 is 58.0 Å². The van der Waals surface area contributed by atoms with Crippen molar-refractivity contribution in [2.75, 3.05) is 39.3 Å². The number of likely N-dealkylation sites (tertiary alicyclic amines) is 1. The van der Waals surface area contributed by atoms with E-state index < -0.39 is 0 Å². The van der Waals surface area contributed by atoms with Crippen LogP contribution in [0.4, 0.5) is 0 Å². The van der Waals surface area contributed by atoms with Gasteiger partial charge in [-0.3, -0.25) is 14.5 Å². The number of hydrogen-bond acceptors (Lipinski definition) is 6. The van der Waals surface area contributed by atoms with Crippen LogP contribution < -0.4 is 0 Å². The molecule has 0 N–H and O–H groups in total. The Morgan fingerprint density at radius 3 is 2.26 bits per heavy atom. The molecule has 39 heavy (non-hydrogen) atoms. The van der Waals surface area contributed by atoms with Crippen molar-refractivity contribution in [1.29, 1.82) is 0 Å². The second kappa shape index (κ2) is 10.9. The average molecular weight is 602 g/mol. The van der Waals surface area contributed by atoms with Crippen LogP contribution >= 0.6 is 46.1 Å². The maximum atomic E-state index is 13.4. The van der Waals surface area contributed by atoms with E-state index >= 15 is 0 Å². The number of piperazine rings is 1. The molecule has 0 bridgehead atoms. The summed E-state index contributed by atoms with van der Waals surface area (Å²) in [6, 6.07) is 14.7. The van der Waals surface area contributed by atoms with Gasteiger partial charge in [-0.25, -0.2) is 9.67 Å². The van der Waals surface area contributed by atoms with E-state index in [1.54, 1.807) is 41.2 Å². The molecule has 0 atom stereocenters. The molecule has 0 aliphatic carbocycles. The second-order valence-corrected chi connectivity index (χ2v) is 11.6. The minimum Gasteiger partial charge on any atom is -0.334 e. The number of rotatable bonds is 5. The molecular weight excluding hydrogens is 579 g/mol. The third-order valence-electron chi connectivity index (χ3n) is 7.10. The molecule has 0 spiro atoms. The Labute approximate surface area is 244 Å². The zero-order valence-corrected chi connectivity index (χ0v) is 23.7. The minimum atomic E-state index is -0.127. The van der Waals surface area contributed by atoms with Gasteiger partial charge in [0.15, 0.2) is 10.7 Å². The molecule has 200 valence electrons. The summed E-state index contributed by atoms with van der Waals surface area (Å²) in [6.07, 6.45) is 1.65. The summed E-state index contributed by atoms with van der Waals surface area (Å²) in [5.74, 6) is -0.137. The van der Waals surface area contributed by atoms with Crippen LogP contribution in [0.3, 0.4) is 0 Å². The van der Waals surface area contributed by atoms with E-state index in [1.807, 2.05) is 33.4 Å². The highest BCUT2D eigenvalue weighted by Gasteiger charge is 2.38. The molecule has 8 nitrogen and oxygen atoms in total. The van der Waals surface area contributed by atoms with E-state index in [0.29, 0.717) is 57.6 Å². The van der Waals surface area contributed by atoms with E-state index in [1.165, 1.54) is 11.3 Å². The Morgan fingerprint density at radius 2 is 1.59 bits per heavy atom. The monoisotopic (exact) mass is 600 g/mol. The smallest absolute Gasteiger partial charge is 0.282 e. The highest BCUT2D eigenvalue weighted by molar-refractivity contribution is 7.11. The van der Waals surface area contributed by atoms with Crippen LogP contribution in [0.15, 0.2) is 60.1 Å². The molecule has 0 radical (unpaired) electrons. The summed E-state index contributed by atoms with van der Waals surface area (Å²) in [5.41, 5.74) is 2.65. The Morgan fingerprint density at radius 1 is 0.846 bits per heavy atom. The van der Waals surface area contributed by atoms with Crippen molar-refractivity contribution in [1.82, 2.24) is 29.5 Å². The number of amides is 2. The van der Waals surface area contributed by atoms with Gasteiger partial charge in [-0.1, -0.05) is 46.9 Å². The fourth-order valence-corrected chi connectivity index (χ4v) is 5.91. The summed E-state index contributed by atoms with van der Waals surface area (Å²) in [6.45, 7) is 4.10. The van der Waals surface area contributed by atoms with Gasteiger partial charge in [0.05, 0.1) is 21.4 Å². The van der Waals surface area contributed by atoms with Crippen LogP contribution in [0.2, 0.25) is 15.1 Å². The van der Waals surface area contributed by atoms with Gasteiger partial charge in [0.25, 0.3) is 11.8 Å². The Balaban J connectivity index is 1.15. The first-order valence-electron chi connectivity index (χ1n) is 12.4. The van der Waals surface area contributed by atoms with Crippen LogP contribution in [0.1, 0.15) is 20.3 Å². The standard InChI is InChI=1S/C27H23Cl3N6O2S/c28-18-3-1-17(2-4-18)24-14-23(32-36(24)19-5-6-21(29)22(30)13-19)26(37)35-15-20(16-35)33-8-10-34(11-9-33)27(38)25-31-7-12-39-25/h1-7,12-14,20H,8-11,15-16H2. The SMILES string of the molecule is O=C(c1cc(-c2ccc(Cl)cc2)n(-c2ccc(Cl)c(Cl)c2)n1)N1CC(N2CCN(C(=O)c3nccs3)CC2)C1. The number of carbonyl (C=O) groups excluding carboxylic acids is 2. The molecule has 4 heterocycles. The lowest BCUT2D eigenvalue weighted by molar-refractivity contribution is 0.00820. The van der Waals surface area contributed by atoms with E-state index in [0.717, 1.165) is 24.3 Å². The van der Waals surface area contributed by atoms with Crippen molar-refractivity contribution in [3.8, 4) is 16.9 Å². The normalized spacial score (nSPS) is 16.4. The van der Waals surface area contributed by atoms with E-state index in [2.05, 4.69) is 15.0 Å². The van der Waals surface area contributed by atoms with Gasteiger partial charge in [0, 0.05) is 67.5 Å². The van der Waals surface area contributed by atoms with E-state index in [4.69, 9.17) is 34.8 Å². The van der Waals surface area contributed by atoms with Crippen molar-refractivity contribution in [2.45, 2.75) is 6.04 Å². The maximum absolute atomic E-state index is 13.4. The number of halogens is 3. The lowest BCUT2D eigenvalue weighted by Crippen LogP contribution is -2.64. The van der Waals surface area contributed by atoms with Crippen molar-refractivity contribution < 1.29 is 9.59 Å². The number of carbonyl (C=O) groups is 2. The molecule has 2 aromatic carbocycles. The lowest BCUT2D eigenvalue weighted by Gasteiger charge is -2.47. The molecule has 2 saturated heterocycles. The Kier molecular flexibility index (Phi) is 7.35. The topological polar surface area (TPSA) is 74.6 Å². The average Bonchev–Trinajstić information content (AvgIpc) is 3.61. The fraction of sp³-hybridized carbons (Fsp3) is 0.259. The molecule has 2 aliphatic heterocycles. The fourth-order valence-electron chi connectivity index (χ4n) is 4.89. The van der Waals surface area contributed by atoms with E-state index in [9.17, 15) is 9.59 Å². The van der Waals surface area contributed by atoms with Gasteiger partial charge in [-0.05, 0) is 36.4 Å². The number of aromatic nitrogens is 3. The summed E-state index contributed by atoms with van der Waals surface area (Å²) >= 11 is 19.9. The molecular formula is C27H23Cl3N6O2S. The largest absolute Gasteiger partial charge is 0.334 e. The predicted molar refractivity (Wildman–Crippen MR) is 153 cm³/mol. The lowest BCUT2D eigenvalue weighted by atomic mass is 10.0. The molecule has 12 heteroatoms. The van der Waals surface area contributed by atoms with Gasteiger partial charge in [-0.2, -0.15) is 5.10 Å². The van der Waals surface area contributed by atoms with Crippen LogP contribution in [-0.4, -0.2) is 86.6 Å². The molecule has 2 aromatic heterocycles. The first-order chi connectivity index (χ1) is 18.9. The molecule has 2 aliphatic rings. The molecule has 0 unspecified atom stereocenters. The van der Waals surface area contributed by atoms with Crippen molar-refractivity contribution in [2.24, 2.45) is 0 Å². The minimum absolute atomic E-state index is 0.0101. The maximum Gasteiger partial charge on any atom is 0.282 e. The molecule has 2 fully saturated rings. The van der Waals surface area contributed by atoms with Crippen LogP contribution in [0.5, 0.6) is 0 Å². The van der Waals surface area contributed by atoms with Gasteiger partial charge in [0.1, 0.15) is 0 Å². The second-order valence-electron chi connectivity index (χ2n) is 9.46. The van der Waals surface area contributed by atoms with Crippen molar-refractivity contribution in [3.63, 3.8) is 0 Å². The van der Waals surface area contributed by atoms with Crippen molar-refractivity contribution in [3.05, 3.63) is 85.9 Å². The summed E-state index contributed by atoms with van der Waals surface area (Å²) < 4.78 is 1.70. The van der Waals surface area contributed by atoms with Gasteiger partial charge in [-0.15, -0.1) is 11.3 Å². The highest BCUT2D eigenvalue weighted by atomic mass is 35.5. The van der Waals surface area contributed by atoms with Gasteiger partial charge >= 0.3 is 0 Å². The third kappa shape index (κ3) is 5.29. The zero-order valence-electron chi connectivity index (χ0n) is 20.6. The predicted octanol–water partition coefficient (Wildman–Crippen LogP) is 5.24. The number of benzene rings is 2. The molecule has 0 saturated carbocycles. The van der Waals surface area contributed by atoms with Gasteiger partial charge < -0.3 is 9.80 Å². The Hall–Kier alpha value is -2.95. The summed E-state index contributed by atoms with van der Waals surface area (Å²) in [5, 5.41) is 8.48. The molecule has 6 rings (SSSR count). The van der Waals surface area contributed by atoms with Crippen LogP contribution in [-0.2, 0) is 0 Å². The first-order valence-corrected chi connectivity index (χ1v) is 14.4. The van der Waals surface area contributed by atoms with Crippen LogP contribution in [0, 0.1) is 0 Å². The first kappa shape index (κ1) is 26.3. The summed E-state index contributed by atoms with van der Waals surface area (Å²) in [7, 11) is 0. The quantitative estimate of drug-likeness (QED) is 0.313. The molecule has 2 amide bonds. The van der Waals surface area contributed by atoms with Crippen LogP contribution in [0.25, 0.3) is 16.9 Å². The summed E-state index contributed by atoms with van der Waals surface area (Å²) in [4.78, 5) is 36.2.